The fraction of sp³-hybridized carbons (Fsp3) is 0.375. The Morgan fingerprint density at radius 3 is 2.90 bits per heavy atom. The summed E-state index contributed by atoms with van der Waals surface area (Å²) in [7, 11) is 0. The van der Waals surface area contributed by atoms with Crippen molar-refractivity contribution in [3.8, 4) is 5.75 Å². The van der Waals surface area contributed by atoms with Gasteiger partial charge in [-0.15, -0.1) is 0 Å². The predicted octanol–water partition coefficient (Wildman–Crippen LogP) is 4.41. The molecule has 1 aromatic heterocycles. The van der Waals surface area contributed by atoms with Gasteiger partial charge in [0.15, 0.2) is 0 Å². The Labute approximate surface area is 133 Å². The number of hydrogen-bond donors (Lipinski definition) is 1. The molecule has 1 atom stereocenters. The van der Waals surface area contributed by atoms with E-state index in [1.807, 2.05) is 12.1 Å². The largest absolute Gasteiger partial charge is 0.492 e. The minimum Gasteiger partial charge on any atom is -0.492 e. The molecule has 4 heteroatoms. The van der Waals surface area contributed by atoms with Gasteiger partial charge in [0.05, 0.1) is 11.1 Å². The Morgan fingerprint density at radius 1 is 1.35 bits per heavy atom. The van der Waals surface area contributed by atoms with E-state index >= 15 is 0 Å². The average Bonchev–Trinajstić information content (AvgIpc) is 2.95. The summed E-state index contributed by atoms with van der Waals surface area (Å²) < 4.78 is 6.99. The minimum absolute atomic E-state index is 0.184. The quantitative estimate of drug-likeness (QED) is 0.799. The zero-order valence-corrected chi connectivity index (χ0v) is 14.0. The van der Waals surface area contributed by atoms with Gasteiger partial charge in [0, 0.05) is 12.5 Å². The lowest BCUT2D eigenvalue weighted by atomic mass is 10.0. The predicted molar refractivity (Wildman–Crippen MR) is 89.6 cm³/mol. The number of ether oxygens (including phenoxy) is 1. The first kappa shape index (κ1) is 15.5. The molecule has 0 bridgehead atoms. The number of benzene rings is 1. The second-order valence-electron chi connectivity index (χ2n) is 4.83. The van der Waals surface area contributed by atoms with E-state index in [0.29, 0.717) is 6.61 Å². The van der Waals surface area contributed by atoms with Crippen LogP contribution >= 0.6 is 27.3 Å². The van der Waals surface area contributed by atoms with E-state index in [4.69, 9.17) is 10.5 Å². The molecule has 0 aliphatic rings. The van der Waals surface area contributed by atoms with Crippen LogP contribution in [0.4, 0.5) is 0 Å². The van der Waals surface area contributed by atoms with Gasteiger partial charge >= 0.3 is 0 Å². The number of halogens is 1. The van der Waals surface area contributed by atoms with E-state index in [2.05, 4.69) is 45.7 Å². The van der Waals surface area contributed by atoms with E-state index in [9.17, 15) is 0 Å². The lowest BCUT2D eigenvalue weighted by Gasteiger charge is -2.15. The molecule has 0 spiro atoms. The van der Waals surface area contributed by atoms with E-state index in [-0.39, 0.29) is 6.04 Å². The fourth-order valence-corrected chi connectivity index (χ4v) is 3.23. The summed E-state index contributed by atoms with van der Waals surface area (Å²) in [6.45, 7) is 2.80. The Balaban J connectivity index is 2.01. The van der Waals surface area contributed by atoms with Crippen molar-refractivity contribution < 1.29 is 4.74 Å². The molecule has 2 aromatic rings. The number of thiophene rings is 1. The molecule has 0 fully saturated rings. The molecule has 108 valence electrons. The lowest BCUT2D eigenvalue weighted by Crippen LogP contribution is -2.22. The van der Waals surface area contributed by atoms with E-state index < -0.39 is 0 Å². The zero-order valence-electron chi connectivity index (χ0n) is 11.6. The van der Waals surface area contributed by atoms with Crippen molar-refractivity contribution in [1.82, 2.24) is 0 Å². The van der Waals surface area contributed by atoms with Crippen LogP contribution in [-0.2, 0) is 12.8 Å². The van der Waals surface area contributed by atoms with Gasteiger partial charge in [-0.05, 0) is 62.8 Å². The first-order chi connectivity index (χ1) is 9.70. The van der Waals surface area contributed by atoms with Crippen molar-refractivity contribution in [2.24, 2.45) is 5.73 Å². The Kier molecular flexibility index (Phi) is 6.07. The van der Waals surface area contributed by atoms with Crippen LogP contribution in [0.1, 0.15) is 24.5 Å². The Morgan fingerprint density at radius 2 is 2.20 bits per heavy atom. The third kappa shape index (κ3) is 4.33. The van der Waals surface area contributed by atoms with E-state index in [1.54, 1.807) is 11.3 Å². The molecule has 0 saturated carbocycles. The van der Waals surface area contributed by atoms with Crippen molar-refractivity contribution in [3.63, 3.8) is 0 Å². The molecule has 2 nitrogen and oxygen atoms in total. The fourth-order valence-electron chi connectivity index (χ4n) is 2.01. The smallest absolute Gasteiger partial charge is 0.136 e. The highest BCUT2D eigenvalue weighted by atomic mass is 79.9. The van der Waals surface area contributed by atoms with Crippen LogP contribution in [0, 0.1) is 0 Å². The molecule has 1 unspecified atom stereocenters. The van der Waals surface area contributed by atoms with Gasteiger partial charge < -0.3 is 10.5 Å². The molecule has 0 aliphatic carbocycles. The zero-order chi connectivity index (χ0) is 14.4. The summed E-state index contributed by atoms with van der Waals surface area (Å²) in [6, 6.07) is 8.47. The van der Waals surface area contributed by atoms with Crippen molar-refractivity contribution in [1.29, 1.82) is 0 Å². The molecule has 0 radical (unpaired) electrons. The highest BCUT2D eigenvalue weighted by molar-refractivity contribution is 9.10. The van der Waals surface area contributed by atoms with Gasteiger partial charge in [0.25, 0.3) is 0 Å². The SMILES string of the molecule is CCC(N)Cc1cccc(Br)c1OCCc1ccsc1. The standard InChI is InChI=1S/C16H20BrNOS/c1-2-14(18)10-13-4-3-5-15(17)16(13)19-8-6-12-7-9-20-11-12/h3-5,7,9,11,14H,2,6,8,10,18H2,1H3. The maximum atomic E-state index is 6.06. The molecular formula is C16H20BrNOS. The van der Waals surface area contributed by atoms with Crippen LogP contribution in [0.2, 0.25) is 0 Å². The van der Waals surface area contributed by atoms with Gasteiger partial charge in [-0.25, -0.2) is 0 Å². The van der Waals surface area contributed by atoms with Crippen LogP contribution in [0.25, 0.3) is 0 Å². The third-order valence-corrected chi connectivity index (χ3v) is 4.63. The number of rotatable bonds is 7. The van der Waals surface area contributed by atoms with Gasteiger partial charge in [-0.1, -0.05) is 19.1 Å². The van der Waals surface area contributed by atoms with Gasteiger partial charge in [0.1, 0.15) is 5.75 Å². The Bertz CT molecular complexity index is 527. The van der Waals surface area contributed by atoms with E-state index in [0.717, 1.165) is 29.5 Å². The third-order valence-electron chi connectivity index (χ3n) is 3.27. The van der Waals surface area contributed by atoms with Gasteiger partial charge in [0.2, 0.25) is 0 Å². The normalized spacial score (nSPS) is 12.3. The van der Waals surface area contributed by atoms with Crippen LogP contribution < -0.4 is 10.5 Å². The van der Waals surface area contributed by atoms with Gasteiger partial charge in [-0.3, -0.25) is 0 Å². The van der Waals surface area contributed by atoms with Crippen LogP contribution in [0.15, 0.2) is 39.5 Å². The van der Waals surface area contributed by atoms with Crippen LogP contribution in [0.5, 0.6) is 5.75 Å². The number of para-hydroxylation sites is 1. The van der Waals surface area contributed by atoms with Crippen LogP contribution in [-0.4, -0.2) is 12.6 Å². The second-order valence-corrected chi connectivity index (χ2v) is 6.46. The van der Waals surface area contributed by atoms with Crippen LogP contribution in [0.3, 0.4) is 0 Å². The summed E-state index contributed by atoms with van der Waals surface area (Å²) >= 11 is 5.30. The van der Waals surface area contributed by atoms with E-state index in [1.165, 1.54) is 11.1 Å². The average molecular weight is 354 g/mol. The Hall–Kier alpha value is -0.840. The van der Waals surface area contributed by atoms with Crippen molar-refractivity contribution >= 4 is 27.3 Å². The summed E-state index contributed by atoms with van der Waals surface area (Å²) in [5.41, 5.74) is 8.57. The highest BCUT2D eigenvalue weighted by Crippen LogP contribution is 2.30. The summed E-state index contributed by atoms with van der Waals surface area (Å²) in [6.07, 6.45) is 2.76. The maximum absolute atomic E-state index is 6.06. The van der Waals surface area contributed by atoms with Crippen molar-refractivity contribution in [2.45, 2.75) is 32.2 Å². The molecule has 20 heavy (non-hydrogen) atoms. The molecule has 2 N–H and O–H groups in total. The first-order valence-corrected chi connectivity index (χ1v) is 8.61. The molecule has 0 saturated heterocycles. The summed E-state index contributed by atoms with van der Waals surface area (Å²) in [4.78, 5) is 0. The molecule has 0 aliphatic heterocycles. The topological polar surface area (TPSA) is 35.2 Å². The van der Waals surface area contributed by atoms with Crippen molar-refractivity contribution in [3.05, 3.63) is 50.6 Å². The second kappa shape index (κ2) is 7.81. The molecule has 1 heterocycles. The summed E-state index contributed by atoms with van der Waals surface area (Å²) in [5, 5.41) is 4.26. The minimum atomic E-state index is 0.184. The van der Waals surface area contributed by atoms with Gasteiger partial charge in [-0.2, -0.15) is 11.3 Å². The highest BCUT2D eigenvalue weighted by Gasteiger charge is 2.11. The monoisotopic (exact) mass is 353 g/mol. The maximum Gasteiger partial charge on any atom is 0.136 e. The number of hydrogen-bond acceptors (Lipinski definition) is 3. The molecule has 1 aromatic carbocycles. The molecular weight excluding hydrogens is 334 g/mol. The number of nitrogens with two attached hydrogens (primary N) is 1. The first-order valence-electron chi connectivity index (χ1n) is 6.87. The molecule has 0 amide bonds. The van der Waals surface area contributed by atoms with Crippen molar-refractivity contribution in [2.75, 3.05) is 6.61 Å². The lowest BCUT2D eigenvalue weighted by molar-refractivity contribution is 0.316. The molecule has 2 rings (SSSR count). The summed E-state index contributed by atoms with van der Waals surface area (Å²) in [5.74, 6) is 0.937.